The third-order valence-electron chi connectivity index (χ3n) is 5.54. The van der Waals surface area contributed by atoms with Gasteiger partial charge in [0.1, 0.15) is 22.7 Å². The first-order valence-electron chi connectivity index (χ1n) is 11.5. The molecule has 198 valence electrons. The topological polar surface area (TPSA) is 78.9 Å². The van der Waals surface area contributed by atoms with Crippen molar-refractivity contribution in [1.82, 2.24) is 14.6 Å². The normalized spacial score (nSPS) is 12.5. The molecule has 11 heteroatoms. The summed E-state index contributed by atoms with van der Waals surface area (Å²) < 4.78 is 57.2. The van der Waals surface area contributed by atoms with Crippen molar-refractivity contribution in [2.24, 2.45) is 0 Å². The first-order valence-corrected chi connectivity index (χ1v) is 12.4. The van der Waals surface area contributed by atoms with E-state index in [9.17, 15) is 18.0 Å². The third kappa shape index (κ3) is 5.63. The molecule has 0 saturated carbocycles. The van der Waals surface area contributed by atoms with E-state index in [1.807, 2.05) is 6.07 Å². The lowest BCUT2D eigenvalue weighted by molar-refractivity contribution is -0.137. The van der Waals surface area contributed by atoms with Crippen molar-refractivity contribution in [1.29, 1.82) is 0 Å². The Morgan fingerprint density at radius 2 is 1.95 bits per heavy atom. The molecular formula is C28H20F3N3O4S. The molecule has 0 bridgehead atoms. The number of nitrogens with zero attached hydrogens (tertiary/aromatic N) is 3. The molecule has 0 radical (unpaired) electrons. The predicted octanol–water partition coefficient (Wildman–Crippen LogP) is 5.72. The molecule has 2 aromatic carbocycles. The number of furan rings is 1. The molecule has 0 fully saturated rings. The summed E-state index contributed by atoms with van der Waals surface area (Å²) in [6.07, 6.45) is 2.16. The number of thiazole rings is 1. The Balaban J connectivity index is 1.37. The van der Waals surface area contributed by atoms with Crippen molar-refractivity contribution >= 4 is 34.5 Å². The maximum absolute atomic E-state index is 13.0. The summed E-state index contributed by atoms with van der Waals surface area (Å²) in [4.78, 5) is 17.7. The second-order valence-corrected chi connectivity index (χ2v) is 9.21. The number of hydrogen-bond donors (Lipinski definition) is 0. The standard InChI is InChI=1S/C28H20F3N3O4S/c1-3-13-37-22-10-7-17(14-23(22)36-2)8-12-25-32-27-34(33-25)26(35)24(39-27)16-20-9-11-21(38-20)18-5-4-6-19(15-18)28(29,30)31/h3-12,14-16H,1,13H2,2H3/b12-8+,24-16-. The summed E-state index contributed by atoms with van der Waals surface area (Å²) in [5.41, 5.74) is -0.0541. The zero-order valence-corrected chi connectivity index (χ0v) is 21.3. The zero-order valence-electron chi connectivity index (χ0n) is 20.4. The van der Waals surface area contributed by atoms with Gasteiger partial charge in [-0.05, 0) is 48.0 Å². The van der Waals surface area contributed by atoms with Crippen molar-refractivity contribution in [3.63, 3.8) is 0 Å². The summed E-state index contributed by atoms with van der Waals surface area (Å²) in [5.74, 6) is 2.07. The second kappa shape index (κ2) is 10.6. The monoisotopic (exact) mass is 551 g/mol. The highest BCUT2D eigenvalue weighted by Crippen LogP contribution is 2.33. The lowest BCUT2D eigenvalue weighted by atomic mass is 10.1. The van der Waals surface area contributed by atoms with Crippen LogP contribution in [0.15, 0.2) is 76.5 Å². The molecule has 0 spiro atoms. The van der Waals surface area contributed by atoms with E-state index in [-0.39, 0.29) is 16.9 Å². The van der Waals surface area contributed by atoms with E-state index in [0.717, 1.165) is 29.0 Å². The molecule has 0 aliphatic carbocycles. The van der Waals surface area contributed by atoms with Crippen molar-refractivity contribution in [3.05, 3.63) is 105 Å². The molecule has 0 atom stereocenters. The largest absolute Gasteiger partial charge is 0.493 e. The number of ether oxygens (including phenoxy) is 2. The van der Waals surface area contributed by atoms with Gasteiger partial charge >= 0.3 is 6.18 Å². The lowest BCUT2D eigenvalue weighted by Crippen LogP contribution is -2.23. The van der Waals surface area contributed by atoms with Gasteiger partial charge in [-0.3, -0.25) is 4.79 Å². The lowest BCUT2D eigenvalue weighted by Gasteiger charge is -2.09. The highest BCUT2D eigenvalue weighted by atomic mass is 32.1. The molecule has 39 heavy (non-hydrogen) atoms. The molecule has 5 aromatic rings. The number of halogens is 3. The molecule has 0 unspecified atom stereocenters. The quantitative estimate of drug-likeness (QED) is 0.230. The van der Waals surface area contributed by atoms with Crippen LogP contribution in [0.2, 0.25) is 0 Å². The SMILES string of the molecule is C=CCOc1ccc(/C=C/c2nc3s/c(=C\c4ccc(-c5cccc(C(F)(F)F)c5)o4)c(=O)n3n2)cc1OC. The van der Waals surface area contributed by atoms with Crippen molar-refractivity contribution in [2.45, 2.75) is 6.18 Å². The molecule has 3 heterocycles. The van der Waals surface area contributed by atoms with Crippen LogP contribution in [-0.2, 0) is 6.18 Å². The molecule has 0 amide bonds. The summed E-state index contributed by atoms with van der Waals surface area (Å²) in [6.45, 7) is 3.98. The Hall–Kier alpha value is -4.64. The number of alkyl halides is 3. The first-order chi connectivity index (χ1) is 18.7. The zero-order chi connectivity index (χ0) is 27.6. The van der Waals surface area contributed by atoms with E-state index >= 15 is 0 Å². The van der Waals surface area contributed by atoms with Gasteiger partial charge in [-0.25, -0.2) is 0 Å². The van der Waals surface area contributed by atoms with E-state index < -0.39 is 11.7 Å². The fraction of sp³-hybridized carbons (Fsp3) is 0.107. The highest BCUT2D eigenvalue weighted by Gasteiger charge is 2.30. The molecular weight excluding hydrogens is 531 g/mol. The van der Waals surface area contributed by atoms with Gasteiger partial charge < -0.3 is 13.9 Å². The summed E-state index contributed by atoms with van der Waals surface area (Å²) in [5, 5.41) is 4.27. The number of benzene rings is 2. The van der Waals surface area contributed by atoms with Gasteiger partial charge in [0.2, 0.25) is 4.96 Å². The Kier molecular flexibility index (Phi) is 7.07. The smallest absolute Gasteiger partial charge is 0.416 e. The number of methoxy groups -OCH3 is 1. The van der Waals surface area contributed by atoms with E-state index in [2.05, 4.69) is 16.7 Å². The van der Waals surface area contributed by atoms with Crippen LogP contribution in [0.4, 0.5) is 13.2 Å². The van der Waals surface area contributed by atoms with E-state index in [4.69, 9.17) is 13.9 Å². The minimum Gasteiger partial charge on any atom is -0.493 e. The van der Waals surface area contributed by atoms with Crippen molar-refractivity contribution in [2.75, 3.05) is 13.7 Å². The number of fused-ring (bicyclic) bond motifs is 1. The Bertz CT molecular complexity index is 1800. The van der Waals surface area contributed by atoms with Gasteiger partial charge in [0, 0.05) is 11.6 Å². The number of aromatic nitrogens is 3. The fourth-order valence-electron chi connectivity index (χ4n) is 3.71. The first kappa shape index (κ1) is 26.0. The summed E-state index contributed by atoms with van der Waals surface area (Å²) in [7, 11) is 1.55. The van der Waals surface area contributed by atoms with Crippen LogP contribution in [0.3, 0.4) is 0 Å². The average Bonchev–Trinajstić information content (AvgIpc) is 3.63. The second-order valence-electron chi connectivity index (χ2n) is 8.20. The van der Waals surface area contributed by atoms with Crippen LogP contribution in [0.1, 0.15) is 22.7 Å². The van der Waals surface area contributed by atoms with Gasteiger partial charge in [-0.1, -0.05) is 48.3 Å². The Labute approximate surface area is 223 Å². The molecule has 0 aliphatic rings. The van der Waals surface area contributed by atoms with Gasteiger partial charge in [0.25, 0.3) is 5.56 Å². The molecule has 0 N–H and O–H groups in total. The van der Waals surface area contributed by atoms with Crippen LogP contribution in [0.5, 0.6) is 11.5 Å². The maximum Gasteiger partial charge on any atom is 0.416 e. The number of hydrogen-bond acceptors (Lipinski definition) is 7. The van der Waals surface area contributed by atoms with Crippen LogP contribution >= 0.6 is 11.3 Å². The summed E-state index contributed by atoms with van der Waals surface area (Å²) >= 11 is 1.12. The molecule has 5 rings (SSSR count). The summed E-state index contributed by atoms with van der Waals surface area (Å²) in [6, 6.07) is 13.4. The molecule has 0 saturated heterocycles. The van der Waals surface area contributed by atoms with Crippen LogP contribution in [0, 0.1) is 0 Å². The number of rotatable bonds is 8. The van der Waals surface area contributed by atoms with E-state index in [1.54, 1.807) is 49.6 Å². The molecule has 0 aliphatic heterocycles. The van der Waals surface area contributed by atoms with Crippen molar-refractivity contribution < 1.29 is 27.1 Å². The van der Waals surface area contributed by atoms with E-state index in [1.165, 1.54) is 22.7 Å². The minimum absolute atomic E-state index is 0.253. The highest BCUT2D eigenvalue weighted by molar-refractivity contribution is 7.15. The average molecular weight is 552 g/mol. The predicted molar refractivity (Wildman–Crippen MR) is 143 cm³/mol. The maximum atomic E-state index is 13.0. The minimum atomic E-state index is -4.46. The van der Waals surface area contributed by atoms with Gasteiger partial charge in [0.15, 0.2) is 17.3 Å². The molecule has 3 aromatic heterocycles. The Morgan fingerprint density at radius 1 is 1.10 bits per heavy atom. The van der Waals surface area contributed by atoms with Crippen LogP contribution in [-0.4, -0.2) is 28.3 Å². The van der Waals surface area contributed by atoms with Crippen LogP contribution in [0.25, 0.3) is 34.5 Å². The van der Waals surface area contributed by atoms with Crippen LogP contribution < -0.4 is 19.6 Å². The third-order valence-corrected chi connectivity index (χ3v) is 6.50. The van der Waals surface area contributed by atoms with Gasteiger partial charge in [-0.15, -0.1) is 5.10 Å². The van der Waals surface area contributed by atoms with E-state index in [0.29, 0.717) is 39.2 Å². The molecule has 7 nitrogen and oxygen atoms in total. The van der Waals surface area contributed by atoms with Gasteiger partial charge in [-0.2, -0.15) is 22.7 Å². The fourth-order valence-corrected chi connectivity index (χ4v) is 4.60. The van der Waals surface area contributed by atoms with Gasteiger partial charge in [0.05, 0.1) is 12.7 Å². The van der Waals surface area contributed by atoms with Crippen molar-refractivity contribution in [3.8, 4) is 22.8 Å². The Morgan fingerprint density at radius 3 is 2.69 bits per heavy atom.